The highest BCUT2D eigenvalue weighted by atomic mass is 32.1. The zero-order valence-corrected chi connectivity index (χ0v) is 16.1. The average Bonchev–Trinajstić information content (AvgIpc) is 3.12. The van der Waals surface area contributed by atoms with Gasteiger partial charge in [0.05, 0.1) is 5.92 Å². The minimum Gasteiger partial charge on any atom is -0.342 e. The highest BCUT2D eigenvalue weighted by Gasteiger charge is 2.36. The van der Waals surface area contributed by atoms with E-state index in [-0.39, 0.29) is 17.7 Å². The monoisotopic (exact) mass is 363 g/mol. The van der Waals surface area contributed by atoms with Crippen molar-refractivity contribution in [3.63, 3.8) is 0 Å². The second kappa shape index (κ2) is 8.32. The molecule has 0 aromatic carbocycles. The van der Waals surface area contributed by atoms with E-state index in [1.54, 1.807) is 11.3 Å². The van der Waals surface area contributed by atoms with Crippen LogP contribution in [-0.4, -0.2) is 65.8 Å². The Bertz CT molecular complexity index is 587. The fraction of sp³-hybridized carbons (Fsp3) is 0.684. The zero-order valence-electron chi connectivity index (χ0n) is 15.3. The molecule has 2 aliphatic heterocycles. The van der Waals surface area contributed by atoms with Gasteiger partial charge in [-0.05, 0) is 23.8 Å². The van der Waals surface area contributed by atoms with Crippen LogP contribution in [0.5, 0.6) is 0 Å². The minimum absolute atomic E-state index is 0.140. The van der Waals surface area contributed by atoms with Crippen molar-refractivity contribution in [2.24, 2.45) is 11.8 Å². The Labute approximate surface area is 154 Å². The van der Waals surface area contributed by atoms with E-state index in [1.165, 1.54) is 4.88 Å². The predicted octanol–water partition coefficient (Wildman–Crippen LogP) is 2.29. The van der Waals surface area contributed by atoms with Gasteiger partial charge in [0.1, 0.15) is 0 Å². The Morgan fingerprint density at radius 2 is 2.12 bits per heavy atom. The lowest BCUT2D eigenvalue weighted by atomic mass is 10.1. The predicted molar refractivity (Wildman–Crippen MR) is 100 cm³/mol. The summed E-state index contributed by atoms with van der Waals surface area (Å²) in [7, 11) is 0. The third kappa shape index (κ3) is 4.82. The van der Waals surface area contributed by atoms with Gasteiger partial charge in [-0.2, -0.15) is 0 Å². The van der Waals surface area contributed by atoms with Gasteiger partial charge in [-0.15, -0.1) is 11.3 Å². The lowest BCUT2D eigenvalue weighted by Gasteiger charge is -2.25. The van der Waals surface area contributed by atoms with Crippen LogP contribution in [0.25, 0.3) is 0 Å². The van der Waals surface area contributed by atoms with E-state index < -0.39 is 0 Å². The maximum Gasteiger partial charge on any atom is 0.228 e. The fourth-order valence-electron chi connectivity index (χ4n) is 3.79. The van der Waals surface area contributed by atoms with Crippen LogP contribution in [0.1, 0.15) is 31.6 Å². The number of hydrogen-bond donors (Lipinski definition) is 0. The van der Waals surface area contributed by atoms with E-state index in [0.717, 1.165) is 45.7 Å². The van der Waals surface area contributed by atoms with E-state index in [4.69, 9.17) is 0 Å². The van der Waals surface area contributed by atoms with Crippen molar-refractivity contribution in [3.8, 4) is 0 Å². The highest BCUT2D eigenvalue weighted by Crippen LogP contribution is 2.22. The fourth-order valence-corrected chi connectivity index (χ4v) is 4.53. The molecule has 3 heterocycles. The third-order valence-electron chi connectivity index (χ3n) is 5.01. The molecule has 6 heteroatoms. The minimum atomic E-state index is -0.143. The number of rotatable bonds is 5. The van der Waals surface area contributed by atoms with E-state index in [1.807, 2.05) is 9.80 Å². The van der Waals surface area contributed by atoms with Crippen molar-refractivity contribution >= 4 is 23.2 Å². The number of thiophene rings is 1. The van der Waals surface area contributed by atoms with Crippen molar-refractivity contribution in [2.75, 3.05) is 39.3 Å². The second-order valence-corrected chi connectivity index (χ2v) is 8.66. The Balaban J connectivity index is 1.52. The molecule has 138 valence electrons. The average molecular weight is 364 g/mol. The standard InChI is InChI=1S/C19H29N3O2S/c1-15(2)12-22-13-16(11-18(22)23)19(24)21-7-4-6-20(8-9-21)14-17-5-3-10-25-17/h3,5,10,15-16H,4,6-9,11-14H2,1-2H3/t16-/m1/s1. The maximum atomic E-state index is 12.9. The molecule has 0 spiro atoms. The van der Waals surface area contributed by atoms with Crippen LogP contribution >= 0.6 is 11.3 Å². The van der Waals surface area contributed by atoms with Gasteiger partial charge in [0, 0.05) is 57.1 Å². The molecule has 1 atom stereocenters. The van der Waals surface area contributed by atoms with Gasteiger partial charge in [-0.1, -0.05) is 19.9 Å². The molecule has 2 fully saturated rings. The number of nitrogens with zero attached hydrogens (tertiary/aromatic N) is 3. The summed E-state index contributed by atoms with van der Waals surface area (Å²) in [5.74, 6) is 0.621. The number of carbonyl (C=O) groups excluding carboxylic acids is 2. The normalized spacial score (nSPS) is 22.7. The van der Waals surface area contributed by atoms with Crippen LogP contribution in [-0.2, 0) is 16.1 Å². The van der Waals surface area contributed by atoms with Crippen LogP contribution in [0, 0.1) is 11.8 Å². The summed E-state index contributed by atoms with van der Waals surface area (Å²) in [6, 6.07) is 4.26. The van der Waals surface area contributed by atoms with Gasteiger partial charge >= 0.3 is 0 Å². The summed E-state index contributed by atoms with van der Waals surface area (Å²) in [6.07, 6.45) is 1.40. The van der Waals surface area contributed by atoms with Crippen molar-refractivity contribution in [2.45, 2.75) is 33.2 Å². The summed E-state index contributed by atoms with van der Waals surface area (Å²) >= 11 is 1.79. The number of hydrogen-bond acceptors (Lipinski definition) is 4. The summed E-state index contributed by atoms with van der Waals surface area (Å²) in [5.41, 5.74) is 0. The molecule has 25 heavy (non-hydrogen) atoms. The van der Waals surface area contributed by atoms with E-state index in [2.05, 4.69) is 36.3 Å². The van der Waals surface area contributed by atoms with Crippen LogP contribution in [0.2, 0.25) is 0 Å². The Kier molecular flexibility index (Phi) is 6.12. The zero-order chi connectivity index (χ0) is 17.8. The molecule has 1 aromatic rings. The molecule has 0 saturated carbocycles. The molecule has 0 N–H and O–H groups in total. The third-order valence-corrected chi connectivity index (χ3v) is 5.87. The van der Waals surface area contributed by atoms with Crippen LogP contribution in [0.3, 0.4) is 0 Å². The van der Waals surface area contributed by atoms with E-state index in [9.17, 15) is 9.59 Å². The highest BCUT2D eigenvalue weighted by molar-refractivity contribution is 7.09. The molecule has 0 aliphatic carbocycles. The smallest absolute Gasteiger partial charge is 0.228 e. The topological polar surface area (TPSA) is 43.9 Å². The number of amides is 2. The molecule has 0 bridgehead atoms. The molecule has 0 radical (unpaired) electrons. The molecule has 2 aliphatic rings. The number of carbonyl (C=O) groups is 2. The Morgan fingerprint density at radius 1 is 1.28 bits per heavy atom. The van der Waals surface area contributed by atoms with Crippen LogP contribution in [0.4, 0.5) is 0 Å². The lowest BCUT2D eigenvalue weighted by Crippen LogP contribution is -2.40. The van der Waals surface area contributed by atoms with Gasteiger partial charge in [-0.25, -0.2) is 0 Å². The van der Waals surface area contributed by atoms with Crippen molar-refractivity contribution in [3.05, 3.63) is 22.4 Å². The largest absolute Gasteiger partial charge is 0.342 e. The quantitative estimate of drug-likeness (QED) is 0.806. The molecule has 2 amide bonds. The van der Waals surface area contributed by atoms with Gasteiger partial charge in [0.25, 0.3) is 0 Å². The van der Waals surface area contributed by atoms with Crippen LogP contribution < -0.4 is 0 Å². The Hall–Kier alpha value is -1.40. The molecule has 3 rings (SSSR count). The van der Waals surface area contributed by atoms with Gasteiger partial charge in [0.2, 0.25) is 11.8 Å². The first-order chi connectivity index (χ1) is 12.0. The second-order valence-electron chi connectivity index (χ2n) is 7.63. The summed E-state index contributed by atoms with van der Waals surface area (Å²) < 4.78 is 0. The summed E-state index contributed by atoms with van der Waals surface area (Å²) in [4.78, 5) is 32.7. The van der Waals surface area contributed by atoms with Crippen molar-refractivity contribution in [1.29, 1.82) is 0 Å². The lowest BCUT2D eigenvalue weighted by molar-refractivity contribution is -0.135. The van der Waals surface area contributed by atoms with E-state index in [0.29, 0.717) is 18.9 Å². The maximum absolute atomic E-state index is 12.9. The van der Waals surface area contributed by atoms with Gasteiger partial charge in [-0.3, -0.25) is 14.5 Å². The first-order valence-electron chi connectivity index (χ1n) is 9.34. The molecular formula is C19H29N3O2S. The van der Waals surface area contributed by atoms with Gasteiger partial charge in [0.15, 0.2) is 0 Å². The first-order valence-corrected chi connectivity index (χ1v) is 10.2. The molecule has 1 aromatic heterocycles. The summed E-state index contributed by atoms with van der Waals surface area (Å²) in [6.45, 7) is 10.1. The molecular weight excluding hydrogens is 334 g/mol. The van der Waals surface area contributed by atoms with Crippen molar-refractivity contribution < 1.29 is 9.59 Å². The first kappa shape index (κ1) is 18.4. The van der Waals surface area contributed by atoms with E-state index >= 15 is 0 Å². The van der Waals surface area contributed by atoms with Crippen molar-refractivity contribution in [1.82, 2.24) is 14.7 Å². The summed E-state index contributed by atoms with van der Waals surface area (Å²) in [5, 5.41) is 2.11. The molecule has 2 saturated heterocycles. The SMILES string of the molecule is CC(C)CN1C[C@H](C(=O)N2CCCN(Cc3cccs3)CC2)CC1=O. The molecule has 0 unspecified atom stereocenters. The number of likely N-dealkylation sites (tertiary alicyclic amines) is 1. The van der Waals surface area contributed by atoms with Crippen LogP contribution in [0.15, 0.2) is 17.5 Å². The Morgan fingerprint density at radius 3 is 2.84 bits per heavy atom. The van der Waals surface area contributed by atoms with Gasteiger partial charge < -0.3 is 9.80 Å². The molecule has 5 nitrogen and oxygen atoms in total.